The van der Waals surface area contributed by atoms with Gasteiger partial charge in [0.05, 0.1) is 11.5 Å². The van der Waals surface area contributed by atoms with Crippen LogP contribution in [0, 0.1) is 11.6 Å². The fourth-order valence-electron chi connectivity index (χ4n) is 2.78. The molecule has 0 heterocycles. The van der Waals surface area contributed by atoms with Crippen LogP contribution in [0.2, 0.25) is 0 Å². The van der Waals surface area contributed by atoms with Crippen LogP contribution in [0.5, 0.6) is 5.75 Å². The van der Waals surface area contributed by atoms with Gasteiger partial charge in [-0.3, -0.25) is 9.52 Å². The molecule has 0 aliphatic rings. The molecule has 9 heteroatoms. The molecule has 0 atom stereocenters. The van der Waals surface area contributed by atoms with Gasteiger partial charge in [0.25, 0.3) is 15.9 Å². The lowest BCUT2D eigenvalue weighted by molar-refractivity contribution is 0.0950. The number of hydrogen-bond donors (Lipinski definition) is 2. The second-order valence-corrected chi connectivity index (χ2v) is 8.23. The van der Waals surface area contributed by atoms with E-state index in [2.05, 4.69) is 10.0 Å². The quantitative estimate of drug-likeness (QED) is 0.546. The minimum atomic E-state index is -3.85. The Morgan fingerprint density at radius 3 is 2.13 bits per heavy atom. The number of amides is 1. The first-order valence-corrected chi connectivity index (χ1v) is 10.8. The summed E-state index contributed by atoms with van der Waals surface area (Å²) in [5.74, 6) is -1.35. The first-order valence-electron chi connectivity index (χ1n) is 9.36. The van der Waals surface area contributed by atoms with Crippen molar-refractivity contribution in [3.63, 3.8) is 0 Å². The zero-order chi connectivity index (χ0) is 22.4. The molecular formula is C22H20F2N2O4S. The highest BCUT2D eigenvalue weighted by molar-refractivity contribution is 7.92. The summed E-state index contributed by atoms with van der Waals surface area (Å²) < 4.78 is 59.3. The summed E-state index contributed by atoms with van der Waals surface area (Å²) in [5.41, 5.74) is 0.842. The number of anilines is 1. The number of carbonyl (C=O) groups is 1. The third-order valence-corrected chi connectivity index (χ3v) is 5.62. The van der Waals surface area contributed by atoms with Crippen molar-refractivity contribution in [3.8, 4) is 5.75 Å². The minimum absolute atomic E-state index is 0.0230. The van der Waals surface area contributed by atoms with Crippen molar-refractivity contribution in [3.05, 3.63) is 89.5 Å². The van der Waals surface area contributed by atoms with E-state index in [0.29, 0.717) is 18.0 Å². The average Bonchev–Trinajstić information content (AvgIpc) is 2.73. The molecule has 162 valence electrons. The SMILES string of the molecule is CCOc1ccc(NS(=O)(=O)c2ccc(C(=O)NCc3cc(F)cc(F)c3)cc2)cc1. The molecule has 3 aromatic rings. The molecule has 6 nitrogen and oxygen atoms in total. The second kappa shape index (κ2) is 9.57. The Morgan fingerprint density at radius 1 is 0.935 bits per heavy atom. The van der Waals surface area contributed by atoms with Gasteiger partial charge in [0.1, 0.15) is 17.4 Å². The van der Waals surface area contributed by atoms with Crippen molar-refractivity contribution in [2.75, 3.05) is 11.3 Å². The van der Waals surface area contributed by atoms with Crippen molar-refractivity contribution in [2.45, 2.75) is 18.4 Å². The average molecular weight is 446 g/mol. The topological polar surface area (TPSA) is 84.5 Å². The highest BCUT2D eigenvalue weighted by atomic mass is 32.2. The normalized spacial score (nSPS) is 11.1. The van der Waals surface area contributed by atoms with E-state index in [1.54, 1.807) is 24.3 Å². The summed E-state index contributed by atoms with van der Waals surface area (Å²) in [5, 5.41) is 2.53. The van der Waals surface area contributed by atoms with Gasteiger partial charge in [-0.1, -0.05) is 0 Å². The molecule has 0 radical (unpaired) electrons. The van der Waals surface area contributed by atoms with E-state index in [9.17, 15) is 22.0 Å². The Bertz CT molecular complexity index is 1140. The maximum absolute atomic E-state index is 13.2. The first-order chi connectivity index (χ1) is 14.8. The van der Waals surface area contributed by atoms with Gasteiger partial charge in [0.2, 0.25) is 0 Å². The lowest BCUT2D eigenvalue weighted by Crippen LogP contribution is -2.23. The predicted molar refractivity (Wildman–Crippen MR) is 112 cm³/mol. The summed E-state index contributed by atoms with van der Waals surface area (Å²) in [6.07, 6.45) is 0. The number of hydrogen-bond acceptors (Lipinski definition) is 4. The van der Waals surface area contributed by atoms with Crippen LogP contribution < -0.4 is 14.8 Å². The molecule has 0 unspecified atom stereocenters. The Labute approximate surface area is 178 Å². The van der Waals surface area contributed by atoms with Gasteiger partial charge in [-0.25, -0.2) is 17.2 Å². The van der Waals surface area contributed by atoms with E-state index in [1.165, 1.54) is 24.3 Å². The fourth-order valence-corrected chi connectivity index (χ4v) is 3.84. The lowest BCUT2D eigenvalue weighted by atomic mass is 10.2. The second-order valence-electron chi connectivity index (χ2n) is 6.55. The van der Waals surface area contributed by atoms with Gasteiger partial charge in [-0.15, -0.1) is 0 Å². The molecule has 0 aliphatic heterocycles. The number of benzene rings is 3. The molecule has 0 saturated carbocycles. The van der Waals surface area contributed by atoms with Gasteiger partial charge in [0, 0.05) is 23.9 Å². The Balaban J connectivity index is 1.64. The standard InChI is InChI=1S/C22H20F2N2O4S/c1-2-30-20-7-5-19(6-8-20)26-31(28,29)21-9-3-16(4-10-21)22(27)25-14-15-11-17(23)13-18(24)12-15/h3-13,26H,2,14H2,1H3,(H,25,27). The summed E-state index contributed by atoms with van der Waals surface area (Å²) >= 11 is 0. The van der Waals surface area contributed by atoms with Gasteiger partial charge in [-0.05, 0) is 73.2 Å². The predicted octanol–water partition coefficient (Wildman–Crippen LogP) is 4.09. The van der Waals surface area contributed by atoms with Crippen molar-refractivity contribution >= 4 is 21.6 Å². The third kappa shape index (κ3) is 6.02. The molecule has 2 N–H and O–H groups in total. The van der Waals surface area contributed by atoms with E-state index in [-0.39, 0.29) is 22.6 Å². The lowest BCUT2D eigenvalue weighted by Gasteiger charge is -2.10. The van der Waals surface area contributed by atoms with Crippen LogP contribution >= 0.6 is 0 Å². The summed E-state index contributed by atoms with van der Waals surface area (Å²) in [7, 11) is -3.85. The minimum Gasteiger partial charge on any atom is -0.494 e. The van der Waals surface area contributed by atoms with Crippen molar-refractivity contribution in [2.24, 2.45) is 0 Å². The third-order valence-electron chi connectivity index (χ3n) is 4.22. The first kappa shape index (κ1) is 22.2. The number of nitrogens with one attached hydrogen (secondary N) is 2. The summed E-state index contributed by atoms with van der Waals surface area (Å²) in [6, 6.07) is 14.8. The van der Waals surface area contributed by atoms with Crippen LogP contribution in [0.1, 0.15) is 22.8 Å². The molecule has 0 spiro atoms. The number of carbonyl (C=O) groups excluding carboxylic acids is 1. The Morgan fingerprint density at radius 2 is 1.55 bits per heavy atom. The van der Waals surface area contributed by atoms with Crippen LogP contribution in [0.15, 0.2) is 71.6 Å². The van der Waals surface area contributed by atoms with E-state index in [1.807, 2.05) is 6.92 Å². The van der Waals surface area contributed by atoms with Crippen molar-refractivity contribution in [1.82, 2.24) is 5.32 Å². The molecule has 3 rings (SSSR count). The number of ether oxygens (including phenoxy) is 1. The van der Waals surface area contributed by atoms with Crippen LogP contribution in [0.25, 0.3) is 0 Å². The van der Waals surface area contributed by atoms with Crippen LogP contribution in [-0.2, 0) is 16.6 Å². The zero-order valence-corrected chi connectivity index (χ0v) is 17.4. The van der Waals surface area contributed by atoms with Crippen LogP contribution in [0.4, 0.5) is 14.5 Å². The molecular weight excluding hydrogens is 426 g/mol. The highest BCUT2D eigenvalue weighted by Crippen LogP contribution is 2.20. The molecule has 3 aromatic carbocycles. The Kier molecular flexibility index (Phi) is 6.86. The van der Waals surface area contributed by atoms with Gasteiger partial charge >= 0.3 is 0 Å². The molecule has 0 aromatic heterocycles. The zero-order valence-electron chi connectivity index (χ0n) is 16.6. The van der Waals surface area contributed by atoms with E-state index < -0.39 is 27.6 Å². The van der Waals surface area contributed by atoms with Gasteiger partial charge in [-0.2, -0.15) is 0 Å². The molecule has 0 bridgehead atoms. The van der Waals surface area contributed by atoms with Crippen molar-refractivity contribution in [1.29, 1.82) is 0 Å². The van der Waals surface area contributed by atoms with Gasteiger partial charge in [0.15, 0.2) is 0 Å². The van der Waals surface area contributed by atoms with Crippen LogP contribution in [0.3, 0.4) is 0 Å². The van der Waals surface area contributed by atoms with E-state index in [4.69, 9.17) is 4.74 Å². The smallest absolute Gasteiger partial charge is 0.261 e. The maximum atomic E-state index is 13.2. The number of sulfonamides is 1. The highest BCUT2D eigenvalue weighted by Gasteiger charge is 2.15. The van der Waals surface area contributed by atoms with Crippen LogP contribution in [-0.4, -0.2) is 20.9 Å². The summed E-state index contributed by atoms with van der Waals surface area (Å²) in [4.78, 5) is 12.2. The van der Waals surface area contributed by atoms with E-state index in [0.717, 1.165) is 18.2 Å². The molecule has 31 heavy (non-hydrogen) atoms. The molecule has 0 saturated heterocycles. The molecule has 1 amide bonds. The fraction of sp³-hybridized carbons (Fsp3) is 0.136. The van der Waals surface area contributed by atoms with Gasteiger partial charge < -0.3 is 10.1 Å². The van der Waals surface area contributed by atoms with E-state index >= 15 is 0 Å². The number of halogens is 2. The maximum Gasteiger partial charge on any atom is 0.261 e. The molecule has 0 fully saturated rings. The number of rotatable bonds is 8. The Hall–Kier alpha value is -3.46. The van der Waals surface area contributed by atoms with Crippen molar-refractivity contribution < 1.29 is 26.7 Å². The summed E-state index contributed by atoms with van der Waals surface area (Å²) in [6.45, 7) is 2.28. The largest absolute Gasteiger partial charge is 0.494 e. The monoisotopic (exact) mass is 446 g/mol. The molecule has 0 aliphatic carbocycles.